The standard InChI is InChI=1S/C11H20N4O2S2/c1-12-6-9-7-13-15-11(9)19(16,17)14-8-10-4-2-3-5-18-10/h7,10,12,14H,2-6,8H2,1H3,(H,13,15). The molecule has 6 nitrogen and oxygen atoms in total. The van der Waals surface area contributed by atoms with Crippen molar-refractivity contribution >= 4 is 21.8 Å². The van der Waals surface area contributed by atoms with Crippen molar-refractivity contribution in [3.05, 3.63) is 11.8 Å². The summed E-state index contributed by atoms with van der Waals surface area (Å²) in [6.45, 7) is 0.968. The molecule has 1 fully saturated rings. The van der Waals surface area contributed by atoms with Gasteiger partial charge in [0.25, 0.3) is 10.0 Å². The van der Waals surface area contributed by atoms with Gasteiger partial charge in [-0.05, 0) is 25.6 Å². The molecule has 1 unspecified atom stereocenters. The van der Waals surface area contributed by atoms with Crippen molar-refractivity contribution in [3.63, 3.8) is 0 Å². The number of hydrogen-bond acceptors (Lipinski definition) is 5. The molecule has 8 heteroatoms. The molecule has 3 N–H and O–H groups in total. The Hall–Kier alpha value is -0.570. The Morgan fingerprint density at radius 1 is 1.53 bits per heavy atom. The van der Waals surface area contributed by atoms with Crippen LogP contribution < -0.4 is 10.0 Å². The molecule has 0 amide bonds. The SMILES string of the molecule is CNCc1cn[nH]c1S(=O)(=O)NCC1CCCCS1. The minimum Gasteiger partial charge on any atom is -0.316 e. The molecule has 1 aromatic rings. The van der Waals surface area contributed by atoms with Crippen LogP contribution in [-0.2, 0) is 16.6 Å². The largest absolute Gasteiger partial charge is 0.316 e. The highest BCUT2D eigenvalue weighted by molar-refractivity contribution is 8.00. The van der Waals surface area contributed by atoms with Crippen LogP contribution in [0.15, 0.2) is 11.2 Å². The highest BCUT2D eigenvalue weighted by Gasteiger charge is 2.22. The van der Waals surface area contributed by atoms with Crippen molar-refractivity contribution in [3.8, 4) is 0 Å². The summed E-state index contributed by atoms with van der Waals surface area (Å²) in [6, 6.07) is 0. The normalized spacial score (nSPS) is 20.6. The van der Waals surface area contributed by atoms with E-state index in [1.54, 1.807) is 13.2 Å². The fourth-order valence-corrected chi connectivity index (χ4v) is 4.64. The zero-order chi connectivity index (χ0) is 13.7. The summed E-state index contributed by atoms with van der Waals surface area (Å²) >= 11 is 1.85. The summed E-state index contributed by atoms with van der Waals surface area (Å²) in [5.41, 5.74) is 0.659. The van der Waals surface area contributed by atoms with Crippen molar-refractivity contribution in [2.75, 3.05) is 19.3 Å². The molecule has 0 bridgehead atoms. The number of sulfonamides is 1. The Balaban J connectivity index is 1.98. The Kier molecular flexibility index (Phi) is 5.26. The smallest absolute Gasteiger partial charge is 0.257 e. The van der Waals surface area contributed by atoms with E-state index in [0.29, 0.717) is 23.9 Å². The van der Waals surface area contributed by atoms with Crippen LogP contribution >= 0.6 is 11.8 Å². The number of thioether (sulfide) groups is 1. The van der Waals surface area contributed by atoms with Crippen LogP contribution in [0.25, 0.3) is 0 Å². The fourth-order valence-electron chi connectivity index (χ4n) is 2.09. The van der Waals surface area contributed by atoms with Crippen molar-refractivity contribution in [2.45, 2.75) is 36.1 Å². The van der Waals surface area contributed by atoms with Crippen LogP contribution in [0.5, 0.6) is 0 Å². The maximum atomic E-state index is 12.2. The lowest BCUT2D eigenvalue weighted by molar-refractivity contribution is 0.568. The first-order valence-corrected chi connectivity index (χ1v) is 8.95. The van der Waals surface area contributed by atoms with Crippen molar-refractivity contribution in [1.82, 2.24) is 20.2 Å². The van der Waals surface area contributed by atoms with Crippen LogP contribution in [0.3, 0.4) is 0 Å². The van der Waals surface area contributed by atoms with Crippen molar-refractivity contribution in [2.24, 2.45) is 0 Å². The zero-order valence-corrected chi connectivity index (χ0v) is 12.6. The molecule has 0 radical (unpaired) electrons. The molecule has 0 aliphatic carbocycles. The maximum Gasteiger partial charge on any atom is 0.257 e. The van der Waals surface area contributed by atoms with Gasteiger partial charge in [-0.2, -0.15) is 16.9 Å². The van der Waals surface area contributed by atoms with E-state index in [-0.39, 0.29) is 5.03 Å². The van der Waals surface area contributed by atoms with Gasteiger partial charge in [0.2, 0.25) is 0 Å². The van der Waals surface area contributed by atoms with Crippen LogP contribution in [-0.4, -0.2) is 43.2 Å². The highest BCUT2D eigenvalue weighted by Crippen LogP contribution is 2.24. The molecule has 1 saturated heterocycles. The fraction of sp³-hybridized carbons (Fsp3) is 0.727. The molecule has 0 aromatic carbocycles. The summed E-state index contributed by atoms with van der Waals surface area (Å²) in [6.07, 6.45) is 5.05. The molecule has 1 aromatic heterocycles. The average molecular weight is 304 g/mol. The molecule has 1 atom stereocenters. The van der Waals surface area contributed by atoms with Gasteiger partial charge >= 0.3 is 0 Å². The Morgan fingerprint density at radius 3 is 3.05 bits per heavy atom. The number of rotatable bonds is 6. The molecular weight excluding hydrogens is 284 g/mol. The number of hydrogen-bond donors (Lipinski definition) is 3. The van der Waals surface area contributed by atoms with E-state index < -0.39 is 10.0 Å². The van der Waals surface area contributed by atoms with E-state index in [9.17, 15) is 8.42 Å². The van der Waals surface area contributed by atoms with Gasteiger partial charge in [-0.15, -0.1) is 0 Å². The Labute approximate surface area is 118 Å². The quantitative estimate of drug-likeness (QED) is 0.720. The third-order valence-corrected chi connectivity index (χ3v) is 5.92. The summed E-state index contributed by atoms with van der Waals surface area (Å²) in [7, 11) is -1.72. The van der Waals surface area contributed by atoms with Crippen LogP contribution in [0, 0.1) is 0 Å². The van der Waals surface area contributed by atoms with E-state index >= 15 is 0 Å². The van der Waals surface area contributed by atoms with Crippen LogP contribution in [0.2, 0.25) is 0 Å². The van der Waals surface area contributed by atoms with E-state index in [1.165, 1.54) is 12.8 Å². The molecule has 2 heterocycles. The first-order valence-electron chi connectivity index (χ1n) is 6.41. The maximum absolute atomic E-state index is 12.2. The first-order chi connectivity index (χ1) is 9.13. The summed E-state index contributed by atoms with van der Waals surface area (Å²) in [4.78, 5) is 0. The molecule has 108 valence electrons. The summed E-state index contributed by atoms with van der Waals surface area (Å²) in [5.74, 6) is 1.13. The number of aromatic amines is 1. The van der Waals surface area contributed by atoms with Gasteiger partial charge in [0, 0.05) is 23.9 Å². The van der Waals surface area contributed by atoms with Gasteiger partial charge in [-0.1, -0.05) is 6.42 Å². The van der Waals surface area contributed by atoms with Crippen molar-refractivity contribution in [1.29, 1.82) is 0 Å². The Bertz CT molecular complexity index is 495. The lowest BCUT2D eigenvalue weighted by Gasteiger charge is -2.21. The van der Waals surface area contributed by atoms with Gasteiger partial charge in [0.15, 0.2) is 5.03 Å². The van der Waals surface area contributed by atoms with Gasteiger partial charge in [0.1, 0.15) is 0 Å². The van der Waals surface area contributed by atoms with Crippen LogP contribution in [0.4, 0.5) is 0 Å². The topological polar surface area (TPSA) is 86.9 Å². The monoisotopic (exact) mass is 304 g/mol. The van der Waals surface area contributed by atoms with Gasteiger partial charge in [-0.3, -0.25) is 5.10 Å². The summed E-state index contributed by atoms with van der Waals surface area (Å²) < 4.78 is 27.1. The Morgan fingerprint density at radius 2 is 2.37 bits per heavy atom. The summed E-state index contributed by atoms with van der Waals surface area (Å²) in [5, 5.41) is 9.87. The lowest BCUT2D eigenvalue weighted by atomic mass is 10.2. The van der Waals surface area contributed by atoms with Gasteiger partial charge in [0.05, 0.1) is 6.20 Å². The molecule has 0 saturated carbocycles. The number of H-pyrrole nitrogens is 1. The molecular formula is C11H20N4O2S2. The minimum atomic E-state index is -3.49. The first kappa shape index (κ1) is 14.8. The third kappa shape index (κ3) is 3.95. The van der Waals surface area contributed by atoms with E-state index in [4.69, 9.17) is 0 Å². The zero-order valence-electron chi connectivity index (χ0n) is 11.0. The molecule has 1 aliphatic heterocycles. The lowest BCUT2D eigenvalue weighted by Crippen LogP contribution is -2.32. The van der Waals surface area contributed by atoms with Crippen molar-refractivity contribution < 1.29 is 8.42 Å². The van der Waals surface area contributed by atoms with E-state index in [0.717, 1.165) is 12.2 Å². The molecule has 0 spiro atoms. The second kappa shape index (κ2) is 6.74. The minimum absolute atomic E-state index is 0.169. The number of nitrogens with zero attached hydrogens (tertiary/aromatic N) is 1. The molecule has 2 rings (SSSR count). The van der Waals surface area contributed by atoms with E-state index in [2.05, 4.69) is 20.2 Å². The number of nitrogens with one attached hydrogen (secondary N) is 3. The van der Waals surface area contributed by atoms with Gasteiger partial charge in [-0.25, -0.2) is 13.1 Å². The van der Waals surface area contributed by atoms with E-state index in [1.807, 2.05) is 11.8 Å². The van der Waals surface area contributed by atoms with Gasteiger partial charge < -0.3 is 5.32 Å². The average Bonchev–Trinajstić information content (AvgIpc) is 2.87. The van der Waals surface area contributed by atoms with Crippen LogP contribution in [0.1, 0.15) is 24.8 Å². The molecule has 1 aliphatic rings. The predicted octanol–water partition coefficient (Wildman–Crippen LogP) is 0.693. The number of aromatic nitrogens is 2. The molecule has 19 heavy (non-hydrogen) atoms. The third-order valence-electron chi connectivity index (χ3n) is 3.09. The highest BCUT2D eigenvalue weighted by atomic mass is 32.2. The predicted molar refractivity (Wildman–Crippen MR) is 76.6 cm³/mol. The second-order valence-corrected chi connectivity index (χ2v) is 7.71. The second-order valence-electron chi connectivity index (χ2n) is 4.60.